The fourth-order valence-electron chi connectivity index (χ4n) is 1.17. The molecule has 0 amide bonds. The third-order valence-corrected chi connectivity index (χ3v) is 4.45. The Morgan fingerprint density at radius 2 is 1.89 bits per heavy atom. The van der Waals surface area contributed by atoms with Gasteiger partial charge in [-0.1, -0.05) is 19.6 Å². The average Bonchev–Trinajstić information content (AvgIpc) is 2.12. The topological polar surface area (TPSA) is 86.7 Å². The van der Waals surface area contributed by atoms with Gasteiger partial charge in [-0.05, 0) is 6.04 Å². The molecule has 18 heavy (non-hydrogen) atoms. The van der Waals surface area contributed by atoms with Gasteiger partial charge in [-0.25, -0.2) is 18.0 Å². The van der Waals surface area contributed by atoms with Gasteiger partial charge in [0.2, 0.25) is 0 Å². The van der Waals surface area contributed by atoms with E-state index in [0.717, 1.165) is 6.26 Å². The fraction of sp³-hybridized carbons (Fsp3) is 0.800. The number of ether oxygens (including phenoxy) is 2. The zero-order chi connectivity index (χ0) is 14.4. The molecule has 6 nitrogen and oxygen atoms in total. The second kappa shape index (κ2) is 6.88. The molecule has 0 aromatic rings. The molecule has 1 atom stereocenters. The number of rotatable bonds is 8. The van der Waals surface area contributed by atoms with Gasteiger partial charge in [-0.3, -0.25) is 0 Å². The van der Waals surface area contributed by atoms with Crippen molar-refractivity contribution in [3.05, 3.63) is 0 Å². The monoisotopic (exact) mass is 295 g/mol. The Kier molecular flexibility index (Phi) is 6.54. The zero-order valence-corrected chi connectivity index (χ0v) is 12.9. The van der Waals surface area contributed by atoms with Crippen molar-refractivity contribution in [2.45, 2.75) is 31.8 Å². The second-order valence-corrected chi connectivity index (χ2v) is 13.0. The number of hydrogen-bond acceptors (Lipinski definition) is 6. The molecule has 0 saturated carbocycles. The van der Waals surface area contributed by atoms with E-state index in [1.54, 1.807) is 0 Å². The van der Waals surface area contributed by atoms with Crippen molar-refractivity contribution < 1.29 is 27.5 Å². The summed E-state index contributed by atoms with van der Waals surface area (Å²) < 4.78 is 31.1. The van der Waals surface area contributed by atoms with Crippen molar-refractivity contribution in [3.8, 4) is 0 Å². The molecule has 1 unspecified atom stereocenters. The molecule has 0 aliphatic carbocycles. The lowest BCUT2D eigenvalue weighted by atomic mass is 10.4. The van der Waals surface area contributed by atoms with E-state index in [4.69, 9.17) is 4.74 Å². The Balaban J connectivity index is 4.35. The largest absolute Gasteiger partial charge is 0.462 e. The van der Waals surface area contributed by atoms with Gasteiger partial charge in [0.05, 0.1) is 5.75 Å². The Morgan fingerprint density at radius 1 is 1.33 bits per heavy atom. The van der Waals surface area contributed by atoms with Gasteiger partial charge < -0.3 is 9.47 Å². The van der Waals surface area contributed by atoms with Crippen LogP contribution in [-0.2, 0) is 28.9 Å². The van der Waals surface area contributed by atoms with Gasteiger partial charge in [-0.15, -0.1) is 0 Å². The minimum atomic E-state index is -3.18. The number of hydrogen-bond donors (Lipinski definition) is 0. The first-order valence-corrected chi connectivity index (χ1v) is 11.2. The van der Waals surface area contributed by atoms with E-state index in [-0.39, 0.29) is 12.4 Å². The van der Waals surface area contributed by atoms with Gasteiger partial charge in [0, 0.05) is 14.3 Å². The Morgan fingerprint density at radius 3 is 2.28 bits per heavy atom. The molecule has 0 rings (SSSR count). The van der Waals surface area contributed by atoms with Crippen molar-refractivity contribution in [3.63, 3.8) is 0 Å². The second-order valence-electron chi connectivity index (χ2n) is 5.25. The molecule has 0 N–H and O–H groups in total. The molecule has 0 aromatic heterocycles. The standard InChI is InChI=1S/C10H19O6SSi/c1-17(13,14)6-5-15-10(12)9(16-8-11)7-18(2,3)4/h9H,5-7H2,1-4H3. The lowest BCUT2D eigenvalue weighted by molar-refractivity contribution is -0.151. The van der Waals surface area contributed by atoms with Crippen LogP contribution in [0, 0.1) is 0 Å². The highest BCUT2D eigenvalue weighted by Gasteiger charge is 2.29. The third kappa shape index (κ3) is 9.17. The lowest BCUT2D eigenvalue weighted by Crippen LogP contribution is -2.35. The molecule has 1 radical (unpaired) electrons. The lowest BCUT2D eigenvalue weighted by Gasteiger charge is -2.21. The van der Waals surface area contributed by atoms with Gasteiger partial charge in [0.15, 0.2) is 15.9 Å². The van der Waals surface area contributed by atoms with Crippen LogP contribution in [0.1, 0.15) is 0 Å². The fourth-order valence-corrected chi connectivity index (χ4v) is 2.92. The zero-order valence-electron chi connectivity index (χ0n) is 11.1. The number of sulfone groups is 1. The predicted molar refractivity (Wildman–Crippen MR) is 69.4 cm³/mol. The normalized spacial score (nSPS) is 13.8. The molecule has 0 aromatic carbocycles. The molecule has 0 aliphatic heterocycles. The van der Waals surface area contributed by atoms with Crippen LogP contribution in [0.2, 0.25) is 25.7 Å². The highest BCUT2D eigenvalue weighted by Crippen LogP contribution is 2.14. The summed E-state index contributed by atoms with van der Waals surface area (Å²) in [7, 11) is -4.80. The number of carbonyl (C=O) groups excluding carboxylic acids is 2. The Hall–Kier alpha value is -0.893. The summed E-state index contributed by atoms with van der Waals surface area (Å²) in [6.07, 6.45) is 0.0598. The SMILES string of the molecule is C[Si](C)(C)CC(O[C]=O)C(=O)OCCS(C)(=O)=O. The van der Waals surface area contributed by atoms with Crippen LogP contribution in [0.25, 0.3) is 0 Å². The van der Waals surface area contributed by atoms with Crippen LogP contribution in [0.5, 0.6) is 0 Å². The molecule has 0 bridgehead atoms. The molecule has 0 aliphatic rings. The van der Waals surface area contributed by atoms with E-state index < -0.39 is 30.0 Å². The summed E-state index contributed by atoms with van der Waals surface area (Å²) in [6.45, 7) is 7.03. The highest BCUT2D eigenvalue weighted by molar-refractivity contribution is 7.90. The van der Waals surface area contributed by atoms with Crippen molar-refractivity contribution in [2.75, 3.05) is 18.6 Å². The van der Waals surface area contributed by atoms with E-state index in [1.807, 2.05) is 19.6 Å². The minimum absolute atomic E-state index is 0.234. The summed E-state index contributed by atoms with van der Waals surface area (Å²) in [6, 6.07) is 0.417. The van der Waals surface area contributed by atoms with E-state index >= 15 is 0 Å². The smallest absolute Gasteiger partial charge is 0.418 e. The molecule has 0 heterocycles. The summed E-state index contributed by atoms with van der Waals surface area (Å²) in [5.74, 6) is -0.965. The summed E-state index contributed by atoms with van der Waals surface area (Å²) >= 11 is 0. The van der Waals surface area contributed by atoms with Gasteiger partial charge in [0.25, 0.3) is 0 Å². The molecule has 8 heteroatoms. The third-order valence-electron chi connectivity index (χ3n) is 1.95. The minimum Gasteiger partial charge on any atom is -0.462 e. The number of esters is 1. The van der Waals surface area contributed by atoms with Crippen molar-refractivity contribution in [2.24, 2.45) is 0 Å². The van der Waals surface area contributed by atoms with Gasteiger partial charge >= 0.3 is 12.4 Å². The highest BCUT2D eigenvalue weighted by atomic mass is 32.2. The molecular weight excluding hydrogens is 276 g/mol. The quantitative estimate of drug-likeness (QED) is 0.475. The Labute approximate surface area is 109 Å². The van der Waals surface area contributed by atoms with Crippen LogP contribution in [-0.4, -0.2) is 53.7 Å². The van der Waals surface area contributed by atoms with Crippen LogP contribution >= 0.6 is 0 Å². The summed E-state index contributed by atoms with van der Waals surface area (Å²) in [5.41, 5.74) is 0. The molecule has 0 fully saturated rings. The van der Waals surface area contributed by atoms with Crippen molar-refractivity contribution in [1.29, 1.82) is 0 Å². The van der Waals surface area contributed by atoms with E-state index in [1.165, 1.54) is 6.47 Å². The molecule has 105 valence electrons. The molecular formula is C10H19O6SSi. The summed E-state index contributed by atoms with van der Waals surface area (Å²) in [4.78, 5) is 21.8. The summed E-state index contributed by atoms with van der Waals surface area (Å²) in [5, 5.41) is 0. The Bertz CT molecular complexity index is 384. The molecule has 0 spiro atoms. The van der Waals surface area contributed by atoms with Crippen molar-refractivity contribution in [1.82, 2.24) is 0 Å². The van der Waals surface area contributed by atoms with Gasteiger partial charge in [-0.2, -0.15) is 0 Å². The van der Waals surface area contributed by atoms with Crippen LogP contribution in [0.15, 0.2) is 0 Å². The number of carbonyl (C=O) groups is 1. The predicted octanol–water partition coefficient (Wildman–Crippen LogP) is 0.365. The average molecular weight is 295 g/mol. The van der Waals surface area contributed by atoms with Crippen LogP contribution < -0.4 is 0 Å². The van der Waals surface area contributed by atoms with Crippen molar-refractivity contribution >= 4 is 30.4 Å². The first-order valence-electron chi connectivity index (χ1n) is 5.42. The van der Waals surface area contributed by atoms with E-state index in [2.05, 4.69) is 4.74 Å². The van der Waals surface area contributed by atoms with E-state index in [9.17, 15) is 18.0 Å². The van der Waals surface area contributed by atoms with Crippen LogP contribution in [0.3, 0.4) is 0 Å². The maximum atomic E-state index is 11.6. The molecule has 0 saturated heterocycles. The first-order chi connectivity index (χ1) is 8.05. The first kappa shape index (κ1) is 17.1. The van der Waals surface area contributed by atoms with Crippen LogP contribution in [0.4, 0.5) is 0 Å². The van der Waals surface area contributed by atoms with Gasteiger partial charge in [0.1, 0.15) is 6.61 Å². The maximum Gasteiger partial charge on any atom is 0.418 e. The van der Waals surface area contributed by atoms with E-state index in [0.29, 0.717) is 6.04 Å². The maximum absolute atomic E-state index is 11.6.